The van der Waals surface area contributed by atoms with Gasteiger partial charge < -0.3 is 38.8 Å². The van der Waals surface area contributed by atoms with Crippen LogP contribution in [0.15, 0.2) is 53.9 Å². The summed E-state index contributed by atoms with van der Waals surface area (Å²) in [5, 5.41) is 35.2. The van der Waals surface area contributed by atoms with Crippen LogP contribution in [-0.2, 0) is 47.7 Å². The second-order valence-electron chi connectivity index (χ2n) is 20.4. The fraction of sp³-hybridized carbons (Fsp3) is 0.731. The number of methoxy groups -OCH3 is 3. The highest BCUT2D eigenvalue weighted by Crippen LogP contribution is 2.39. The minimum Gasteiger partial charge on any atom is -0.460 e. The van der Waals surface area contributed by atoms with Gasteiger partial charge in [-0.05, 0) is 117 Å². The highest BCUT2D eigenvalue weighted by Gasteiger charge is 2.53. The van der Waals surface area contributed by atoms with Gasteiger partial charge in [-0.15, -0.1) is 5.10 Å². The van der Waals surface area contributed by atoms with Crippen LogP contribution < -0.4 is 0 Å². The number of ketones is 3. The number of hydrogen-bond acceptors (Lipinski definition) is 15. The lowest BCUT2D eigenvalue weighted by atomic mass is 9.77. The van der Waals surface area contributed by atoms with Crippen LogP contribution in [0, 0.1) is 35.5 Å². The van der Waals surface area contributed by atoms with Gasteiger partial charge in [0.1, 0.15) is 24.6 Å². The first-order chi connectivity index (χ1) is 32.8. The molecule has 1 saturated carbocycles. The molecule has 2 bridgehead atoms. The Labute approximate surface area is 408 Å². The molecule has 15 atom stereocenters. The first-order valence-corrected chi connectivity index (χ1v) is 25.0. The largest absolute Gasteiger partial charge is 0.460 e. The summed E-state index contributed by atoms with van der Waals surface area (Å²) in [6.07, 6.45) is 14.0. The monoisotopic (exact) mass is 966 g/mol. The van der Waals surface area contributed by atoms with Crippen molar-refractivity contribution < 1.29 is 57.9 Å². The van der Waals surface area contributed by atoms with Gasteiger partial charge in [0, 0.05) is 58.5 Å². The van der Waals surface area contributed by atoms with Crippen LogP contribution in [0.3, 0.4) is 0 Å². The predicted octanol–water partition coefficient (Wildman–Crippen LogP) is 6.05. The number of amides is 1. The molecule has 3 fully saturated rings. The SMILES string of the molecule is COC1C(=O)C(C)C[C@H](C)C=CC=CC=C(C)[C@@H](OC)C[C@@H]2CC[C@@H](C)C(O)(O2)C(=O)C(=O)N2CCCCC2C(=O)O[C@H]([C@H](C)C[C@@H]2CC[C@H](n3cnnn3)[C@H](OC)C2)CC(=O)/C(C)=C/C(C)[C@H]1O. The van der Waals surface area contributed by atoms with E-state index in [0.717, 1.165) is 18.4 Å². The van der Waals surface area contributed by atoms with E-state index in [4.69, 9.17) is 23.7 Å². The van der Waals surface area contributed by atoms with Gasteiger partial charge in [0.2, 0.25) is 5.79 Å². The van der Waals surface area contributed by atoms with E-state index in [1.807, 2.05) is 58.1 Å². The van der Waals surface area contributed by atoms with Gasteiger partial charge in [0.25, 0.3) is 11.7 Å². The summed E-state index contributed by atoms with van der Waals surface area (Å²) in [6.45, 7) is 12.8. The normalized spacial score (nSPS) is 37.1. The number of hydrogen-bond donors (Lipinski definition) is 2. The summed E-state index contributed by atoms with van der Waals surface area (Å²) < 4.78 is 31.6. The Morgan fingerprint density at radius 3 is 2.33 bits per heavy atom. The Balaban J connectivity index is 1.46. The summed E-state index contributed by atoms with van der Waals surface area (Å²) in [6, 6.07) is -1.20. The number of fused-ring (bicyclic) bond motifs is 3. The molecule has 0 spiro atoms. The number of cyclic esters (lactones) is 1. The summed E-state index contributed by atoms with van der Waals surface area (Å²) in [5.41, 5.74) is 1.20. The van der Waals surface area contributed by atoms with Crippen LogP contribution in [0.2, 0.25) is 0 Å². The quantitative estimate of drug-likeness (QED) is 0.235. The maximum Gasteiger partial charge on any atom is 0.329 e. The number of allylic oxidation sites excluding steroid dienone is 6. The van der Waals surface area contributed by atoms with Gasteiger partial charge in [-0.1, -0.05) is 71.1 Å². The van der Waals surface area contributed by atoms with Crippen LogP contribution in [0.5, 0.6) is 0 Å². The molecule has 1 aromatic rings. The predicted molar refractivity (Wildman–Crippen MR) is 256 cm³/mol. The first kappa shape index (κ1) is 55.7. The maximum atomic E-state index is 14.5. The molecule has 3 aliphatic heterocycles. The lowest BCUT2D eigenvalue weighted by Crippen LogP contribution is -2.61. The van der Waals surface area contributed by atoms with Gasteiger partial charge in [0.05, 0.1) is 30.5 Å². The molecule has 384 valence electrons. The van der Waals surface area contributed by atoms with Crippen molar-refractivity contribution >= 4 is 29.2 Å². The molecule has 4 aliphatic rings. The van der Waals surface area contributed by atoms with Crippen molar-refractivity contribution in [3.8, 4) is 0 Å². The molecule has 69 heavy (non-hydrogen) atoms. The van der Waals surface area contributed by atoms with Crippen LogP contribution >= 0.6 is 0 Å². The van der Waals surface area contributed by atoms with Gasteiger partial charge in [-0.3, -0.25) is 19.2 Å². The van der Waals surface area contributed by atoms with E-state index in [1.165, 1.54) is 12.0 Å². The molecule has 0 radical (unpaired) electrons. The number of esters is 1. The lowest BCUT2D eigenvalue weighted by molar-refractivity contribution is -0.265. The molecule has 17 nitrogen and oxygen atoms in total. The zero-order chi connectivity index (χ0) is 50.6. The smallest absolute Gasteiger partial charge is 0.329 e. The third kappa shape index (κ3) is 14.2. The van der Waals surface area contributed by atoms with Crippen molar-refractivity contribution in [3.63, 3.8) is 0 Å². The minimum atomic E-state index is -2.43. The van der Waals surface area contributed by atoms with Crippen LogP contribution in [0.4, 0.5) is 0 Å². The van der Waals surface area contributed by atoms with Gasteiger partial charge in [-0.25, -0.2) is 9.48 Å². The Morgan fingerprint density at radius 1 is 0.899 bits per heavy atom. The zero-order valence-electron chi connectivity index (χ0n) is 42.5. The van der Waals surface area contributed by atoms with Gasteiger partial charge in [0.15, 0.2) is 11.6 Å². The van der Waals surface area contributed by atoms with Crippen LogP contribution in [0.1, 0.15) is 132 Å². The van der Waals surface area contributed by atoms with E-state index in [9.17, 15) is 34.2 Å². The standard InChI is InChI=1S/C52H79N5O12/c1-31-16-12-11-13-17-32(2)43(65-8)28-39-21-19-37(7)52(64,69-39)49(61)50(62)56-23-15-14-18-41(56)51(63)68-44(34(4)26-38-20-22-40(45(27-38)66-9)57-30-53-54-55-57)29-42(58)33(3)25-36(6)47(60)48(67-10)46(59)35(5)24-31/h11-13,16-17,25,30-31,34-41,43-45,47-48,60,64H,14-15,18-24,26-29H2,1-10H3/b13-11?,16-12?,32-17?,33-25+/t31-,34-,35?,36?,37-,38+,39+,40+,41?,43+,44+,45-,47-,48?,52?/m1/s1. The number of carbonyl (C=O) groups excluding carboxylic acids is 5. The number of aliphatic hydroxyl groups is 2. The van der Waals surface area contributed by atoms with E-state index in [0.29, 0.717) is 56.9 Å². The molecule has 5 rings (SSSR count). The van der Waals surface area contributed by atoms with Gasteiger partial charge >= 0.3 is 5.97 Å². The number of carbonyl (C=O) groups is 5. The number of rotatable bonds is 7. The summed E-state index contributed by atoms with van der Waals surface area (Å²) >= 11 is 0. The summed E-state index contributed by atoms with van der Waals surface area (Å²) in [4.78, 5) is 72.3. The lowest BCUT2D eigenvalue weighted by Gasteiger charge is -2.42. The van der Waals surface area contributed by atoms with Crippen molar-refractivity contribution in [2.75, 3.05) is 27.9 Å². The van der Waals surface area contributed by atoms with Crippen molar-refractivity contribution in [2.24, 2.45) is 35.5 Å². The van der Waals surface area contributed by atoms with E-state index < -0.39 is 77.8 Å². The highest BCUT2D eigenvalue weighted by molar-refractivity contribution is 6.39. The number of Topliss-reactive ketones (excluding diaryl/α,β-unsaturated/α-hetero) is 3. The van der Waals surface area contributed by atoms with E-state index >= 15 is 0 Å². The fourth-order valence-electron chi connectivity index (χ4n) is 10.8. The van der Waals surface area contributed by atoms with Crippen molar-refractivity contribution in [2.45, 2.75) is 180 Å². The van der Waals surface area contributed by atoms with Crippen molar-refractivity contribution in [1.82, 2.24) is 25.1 Å². The third-order valence-electron chi connectivity index (χ3n) is 15.2. The Bertz CT molecular complexity index is 2020. The number of piperidine rings is 1. The van der Waals surface area contributed by atoms with E-state index in [1.54, 1.807) is 52.1 Å². The van der Waals surface area contributed by atoms with Crippen molar-refractivity contribution in [3.05, 3.63) is 53.9 Å². The second-order valence-corrected chi connectivity index (χ2v) is 20.4. The third-order valence-corrected chi connectivity index (χ3v) is 15.2. The minimum absolute atomic E-state index is 0.0197. The molecular weight excluding hydrogens is 887 g/mol. The Hall–Kier alpha value is -4.26. The molecule has 2 N–H and O–H groups in total. The number of nitrogens with zero attached hydrogens (tertiary/aromatic N) is 5. The molecule has 5 unspecified atom stereocenters. The van der Waals surface area contributed by atoms with Crippen LogP contribution in [-0.4, -0.2) is 141 Å². The molecule has 4 heterocycles. The van der Waals surface area contributed by atoms with E-state index in [2.05, 4.69) is 15.5 Å². The molecule has 0 aromatic carbocycles. The van der Waals surface area contributed by atoms with Crippen LogP contribution in [0.25, 0.3) is 0 Å². The second kappa shape index (κ2) is 25.7. The molecular formula is C52H79N5O12. The highest BCUT2D eigenvalue weighted by atomic mass is 16.6. The topological polar surface area (TPSA) is 219 Å². The average Bonchev–Trinajstić information content (AvgIpc) is 3.88. The summed E-state index contributed by atoms with van der Waals surface area (Å²) in [5.74, 6) is -7.89. The molecule has 17 heteroatoms. The first-order valence-electron chi connectivity index (χ1n) is 25.0. The number of tetrazole rings is 1. The van der Waals surface area contributed by atoms with Crippen molar-refractivity contribution in [1.29, 1.82) is 0 Å². The maximum absolute atomic E-state index is 14.5. The van der Waals surface area contributed by atoms with Gasteiger partial charge in [-0.2, -0.15) is 0 Å². The molecule has 2 saturated heterocycles. The number of ether oxygens (including phenoxy) is 5. The molecule has 1 aliphatic carbocycles. The molecule has 1 aromatic heterocycles. The Kier molecular flexibility index (Phi) is 20.8. The zero-order valence-corrected chi connectivity index (χ0v) is 42.5. The van der Waals surface area contributed by atoms with E-state index in [-0.39, 0.29) is 60.9 Å². The number of aromatic nitrogens is 4. The fourth-order valence-corrected chi connectivity index (χ4v) is 10.8. The Morgan fingerprint density at radius 2 is 1.65 bits per heavy atom. The summed E-state index contributed by atoms with van der Waals surface area (Å²) in [7, 11) is 4.63. The number of aliphatic hydroxyl groups excluding tert-OH is 1. The molecule has 1 amide bonds. The average molecular weight is 966 g/mol.